The number of nitrogens with one attached hydrogen (secondary N) is 1. The van der Waals surface area contributed by atoms with Gasteiger partial charge in [0.15, 0.2) is 6.73 Å². The van der Waals surface area contributed by atoms with E-state index in [2.05, 4.69) is 5.32 Å². The van der Waals surface area contributed by atoms with Crippen molar-refractivity contribution in [2.75, 3.05) is 19.8 Å². The Labute approximate surface area is 102 Å². The third-order valence-electron chi connectivity index (χ3n) is 2.52. The lowest BCUT2D eigenvalue weighted by Gasteiger charge is -2.28. The lowest BCUT2D eigenvalue weighted by Crippen LogP contribution is -2.45. The average molecular weight is 242 g/mol. The minimum absolute atomic E-state index is 0.0109. The van der Waals surface area contributed by atoms with E-state index in [1.54, 1.807) is 27.0 Å². The summed E-state index contributed by atoms with van der Waals surface area (Å²) in [6.45, 7) is 7.13. The molecule has 1 aliphatic heterocycles. The molecule has 0 unspecified atom stereocenters. The number of hydrogen-bond donors (Lipinski definition) is 3. The summed E-state index contributed by atoms with van der Waals surface area (Å²) in [5.74, 6) is 5.71. The number of nitrogens with zero attached hydrogens (tertiary/aromatic N) is 1. The second-order valence-electron chi connectivity index (χ2n) is 5.31. The fraction of sp³-hybridized carbons (Fsp3) is 0.727. The molecule has 98 valence electrons. The van der Waals surface area contributed by atoms with E-state index < -0.39 is 5.41 Å². The summed E-state index contributed by atoms with van der Waals surface area (Å²) < 4.78 is 5.05. The van der Waals surface area contributed by atoms with Crippen LogP contribution in [0.1, 0.15) is 20.8 Å². The second-order valence-corrected chi connectivity index (χ2v) is 5.31. The Morgan fingerprint density at radius 1 is 1.53 bits per heavy atom. The molecule has 6 heteroatoms. The maximum atomic E-state index is 11.5. The van der Waals surface area contributed by atoms with Crippen molar-refractivity contribution >= 4 is 5.97 Å². The molecule has 1 saturated heterocycles. The van der Waals surface area contributed by atoms with Crippen molar-refractivity contribution in [1.29, 1.82) is 0 Å². The van der Waals surface area contributed by atoms with Crippen molar-refractivity contribution in [3.8, 4) is 0 Å². The molecule has 1 rings (SSSR count). The molecule has 1 aliphatic rings. The fourth-order valence-corrected chi connectivity index (χ4v) is 1.21. The van der Waals surface area contributed by atoms with Crippen molar-refractivity contribution in [3.05, 3.63) is 11.9 Å². The average Bonchev–Trinajstić information content (AvgIpc) is 2.09. The van der Waals surface area contributed by atoms with Gasteiger partial charge in [-0.1, -0.05) is 0 Å². The Morgan fingerprint density at radius 2 is 2.12 bits per heavy atom. The van der Waals surface area contributed by atoms with E-state index in [0.29, 0.717) is 11.6 Å². The van der Waals surface area contributed by atoms with Crippen LogP contribution in [-0.4, -0.2) is 30.8 Å². The summed E-state index contributed by atoms with van der Waals surface area (Å²) in [7, 11) is 0. The van der Waals surface area contributed by atoms with Crippen LogP contribution < -0.4 is 16.9 Å². The number of rotatable bonds is 4. The van der Waals surface area contributed by atoms with Crippen LogP contribution in [0.5, 0.6) is 0 Å². The van der Waals surface area contributed by atoms with Gasteiger partial charge in [0.1, 0.15) is 0 Å². The lowest BCUT2D eigenvalue weighted by atomic mass is 9.98. The summed E-state index contributed by atoms with van der Waals surface area (Å²) in [4.78, 5) is 11.5. The van der Waals surface area contributed by atoms with Crippen molar-refractivity contribution in [3.63, 3.8) is 0 Å². The smallest absolute Gasteiger partial charge is 0.312 e. The van der Waals surface area contributed by atoms with E-state index in [0.717, 1.165) is 13.1 Å². The first-order valence-electron chi connectivity index (χ1n) is 5.67. The predicted molar refractivity (Wildman–Crippen MR) is 65.1 cm³/mol. The normalized spacial score (nSPS) is 17.5. The highest BCUT2D eigenvalue weighted by molar-refractivity contribution is 5.75. The van der Waals surface area contributed by atoms with E-state index in [-0.39, 0.29) is 12.7 Å². The van der Waals surface area contributed by atoms with Crippen molar-refractivity contribution < 1.29 is 9.53 Å². The number of hydrazine groups is 1. The van der Waals surface area contributed by atoms with Gasteiger partial charge >= 0.3 is 5.97 Å². The van der Waals surface area contributed by atoms with Crippen LogP contribution in [0.2, 0.25) is 0 Å². The Balaban J connectivity index is 2.34. The summed E-state index contributed by atoms with van der Waals surface area (Å²) in [5, 5.41) is 4.41. The summed E-state index contributed by atoms with van der Waals surface area (Å²) in [6, 6.07) is 0. The maximum Gasteiger partial charge on any atom is 0.312 e. The maximum absolute atomic E-state index is 11.5. The van der Waals surface area contributed by atoms with Gasteiger partial charge in [0.2, 0.25) is 0 Å². The fourth-order valence-electron chi connectivity index (χ4n) is 1.21. The van der Waals surface area contributed by atoms with E-state index in [1.165, 1.54) is 5.01 Å². The molecule has 17 heavy (non-hydrogen) atoms. The minimum Gasteiger partial charge on any atom is -0.442 e. The first-order valence-corrected chi connectivity index (χ1v) is 5.67. The van der Waals surface area contributed by atoms with E-state index in [4.69, 9.17) is 16.3 Å². The van der Waals surface area contributed by atoms with Crippen LogP contribution in [0.4, 0.5) is 0 Å². The summed E-state index contributed by atoms with van der Waals surface area (Å²) in [6.07, 6.45) is 1.61. The third kappa shape index (κ3) is 4.24. The van der Waals surface area contributed by atoms with Gasteiger partial charge in [-0.2, -0.15) is 0 Å². The van der Waals surface area contributed by atoms with Crippen LogP contribution in [0.25, 0.3) is 0 Å². The molecule has 0 saturated carbocycles. The first-order chi connectivity index (χ1) is 7.80. The highest BCUT2D eigenvalue weighted by atomic mass is 16.5. The van der Waals surface area contributed by atoms with E-state index in [9.17, 15) is 4.79 Å². The largest absolute Gasteiger partial charge is 0.442 e. The van der Waals surface area contributed by atoms with Gasteiger partial charge in [-0.15, -0.1) is 0 Å². The zero-order chi connectivity index (χ0) is 13.1. The number of ether oxygens (including phenoxy) is 1. The van der Waals surface area contributed by atoms with Crippen LogP contribution in [-0.2, 0) is 9.53 Å². The minimum atomic E-state index is -0.520. The van der Waals surface area contributed by atoms with E-state index in [1.807, 2.05) is 0 Å². The first kappa shape index (κ1) is 13.8. The van der Waals surface area contributed by atoms with Gasteiger partial charge in [0, 0.05) is 30.9 Å². The molecule has 1 heterocycles. The second kappa shape index (κ2) is 5.37. The quantitative estimate of drug-likeness (QED) is 0.272. The highest BCUT2D eigenvalue weighted by Crippen LogP contribution is 2.15. The predicted octanol–water partition coefficient (Wildman–Crippen LogP) is -0.272. The molecule has 5 N–H and O–H groups in total. The van der Waals surface area contributed by atoms with Crippen LogP contribution in [0.15, 0.2) is 11.9 Å². The molecule has 0 aromatic carbocycles. The number of hydrogen-bond acceptors (Lipinski definition) is 6. The number of carbonyl (C=O) groups is 1. The SMILES string of the molecule is CC(C)(C)C(=O)OCN(N)/C=C(\N)C1CNC1. The summed E-state index contributed by atoms with van der Waals surface area (Å²) in [5.41, 5.74) is 6.02. The molecule has 0 radical (unpaired) electrons. The topological polar surface area (TPSA) is 93.6 Å². The molecule has 6 nitrogen and oxygen atoms in total. The summed E-state index contributed by atoms with van der Waals surface area (Å²) >= 11 is 0. The van der Waals surface area contributed by atoms with Gasteiger partial charge < -0.3 is 15.8 Å². The van der Waals surface area contributed by atoms with Gasteiger partial charge in [-0.05, 0) is 20.8 Å². The van der Waals surface area contributed by atoms with Gasteiger partial charge in [-0.3, -0.25) is 9.80 Å². The molecule has 0 aromatic rings. The molecule has 1 fully saturated rings. The zero-order valence-electron chi connectivity index (χ0n) is 10.7. The van der Waals surface area contributed by atoms with Gasteiger partial charge in [0.25, 0.3) is 0 Å². The molecule has 0 aromatic heterocycles. The molecule has 0 atom stereocenters. The third-order valence-corrected chi connectivity index (χ3v) is 2.52. The number of carbonyl (C=O) groups excluding carboxylic acids is 1. The number of nitrogens with two attached hydrogens (primary N) is 2. The molecular formula is C11H22N4O2. The monoisotopic (exact) mass is 242 g/mol. The van der Waals surface area contributed by atoms with Crippen molar-refractivity contribution in [2.45, 2.75) is 20.8 Å². The molecular weight excluding hydrogens is 220 g/mol. The Morgan fingerprint density at radius 3 is 2.53 bits per heavy atom. The molecule has 0 amide bonds. The van der Waals surface area contributed by atoms with Crippen molar-refractivity contribution in [2.24, 2.45) is 22.9 Å². The van der Waals surface area contributed by atoms with Crippen LogP contribution in [0.3, 0.4) is 0 Å². The lowest BCUT2D eigenvalue weighted by molar-refractivity contribution is -0.156. The zero-order valence-corrected chi connectivity index (χ0v) is 10.7. The van der Waals surface area contributed by atoms with E-state index >= 15 is 0 Å². The van der Waals surface area contributed by atoms with Gasteiger partial charge in [-0.25, -0.2) is 5.84 Å². The Bertz CT molecular complexity index is 305. The molecule has 0 aliphatic carbocycles. The Kier molecular flexibility index (Phi) is 4.36. The molecule has 0 spiro atoms. The van der Waals surface area contributed by atoms with Gasteiger partial charge in [0.05, 0.1) is 5.41 Å². The van der Waals surface area contributed by atoms with Crippen LogP contribution in [0, 0.1) is 11.3 Å². The van der Waals surface area contributed by atoms with Crippen molar-refractivity contribution in [1.82, 2.24) is 10.3 Å². The molecule has 0 bridgehead atoms. The highest BCUT2D eigenvalue weighted by Gasteiger charge is 2.23. The Hall–Kier alpha value is -1.27. The number of esters is 1. The van der Waals surface area contributed by atoms with Crippen LogP contribution >= 0.6 is 0 Å². The standard InChI is InChI=1S/C11H22N4O2/c1-11(2,3)10(16)17-7-15(13)6-9(12)8-4-14-5-8/h6,8,14H,4-5,7,12-13H2,1-3H3/b9-6-.